The van der Waals surface area contributed by atoms with Crippen LogP contribution in [0.25, 0.3) is 5.69 Å². The lowest BCUT2D eigenvalue weighted by Crippen LogP contribution is -2.22. The summed E-state index contributed by atoms with van der Waals surface area (Å²) in [6.07, 6.45) is 1.58. The Kier molecular flexibility index (Phi) is 5.90. The molecule has 5 nitrogen and oxygen atoms in total. The summed E-state index contributed by atoms with van der Waals surface area (Å²) in [5.74, 6) is -0.00582. The molecule has 0 spiro atoms. The molecule has 2 aromatic carbocycles. The number of nitrogens with zero attached hydrogens (tertiary/aromatic N) is 3. The molecule has 0 aliphatic heterocycles. The van der Waals surface area contributed by atoms with Gasteiger partial charge in [0.2, 0.25) is 0 Å². The number of aromatic nitrogens is 2. The number of hydrogen-bond donors (Lipinski definition) is 2. The highest BCUT2D eigenvalue weighted by atomic mass is 32.1. The number of thiol groups is 1. The first-order valence-corrected chi connectivity index (χ1v) is 9.46. The smallest absolute Gasteiger partial charge is 0.178 e. The number of carbonyl (C=O) groups excluding carboxylic acids is 1. The number of para-hydroxylation sites is 2. The fourth-order valence-electron chi connectivity index (χ4n) is 3.05. The summed E-state index contributed by atoms with van der Waals surface area (Å²) in [6.45, 7) is 5.43. The van der Waals surface area contributed by atoms with Crippen LogP contribution in [0.2, 0.25) is 0 Å². The highest BCUT2D eigenvalue weighted by molar-refractivity contribution is 7.80. The Bertz CT molecular complexity index is 1110. The van der Waals surface area contributed by atoms with Gasteiger partial charge in [-0.1, -0.05) is 30.3 Å². The van der Waals surface area contributed by atoms with Crippen LogP contribution in [0.15, 0.2) is 76.3 Å². The van der Waals surface area contributed by atoms with Crippen LogP contribution < -0.4 is 10.8 Å². The molecule has 3 rings (SSSR count). The Morgan fingerprint density at radius 2 is 1.71 bits per heavy atom. The molecule has 144 valence electrons. The topological polar surface area (TPSA) is 51.3 Å². The minimum absolute atomic E-state index is 0.00582. The van der Waals surface area contributed by atoms with Gasteiger partial charge in [-0.15, -0.1) is 12.6 Å². The average Bonchev–Trinajstić information content (AvgIpc) is 2.88. The first-order valence-electron chi connectivity index (χ1n) is 9.01. The van der Waals surface area contributed by atoms with Gasteiger partial charge in [-0.3, -0.25) is 9.48 Å². The van der Waals surface area contributed by atoms with Crippen LogP contribution in [0.4, 0.5) is 11.4 Å². The van der Waals surface area contributed by atoms with E-state index < -0.39 is 0 Å². The predicted octanol–water partition coefficient (Wildman–Crippen LogP) is 4.55. The van der Waals surface area contributed by atoms with Gasteiger partial charge in [-0.05, 0) is 51.1 Å². The van der Waals surface area contributed by atoms with Crippen molar-refractivity contribution in [1.29, 1.82) is 0 Å². The number of hydrogen-bond acceptors (Lipinski definition) is 4. The van der Waals surface area contributed by atoms with E-state index in [1.807, 2.05) is 84.9 Å². The second-order valence-electron chi connectivity index (χ2n) is 6.62. The van der Waals surface area contributed by atoms with E-state index in [2.05, 4.69) is 17.9 Å². The summed E-state index contributed by atoms with van der Waals surface area (Å²) in [6, 6.07) is 17.8. The van der Waals surface area contributed by atoms with E-state index in [4.69, 9.17) is 4.99 Å². The Morgan fingerprint density at radius 1 is 1.07 bits per heavy atom. The summed E-state index contributed by atoms with van der Waals surface area (Å²) >= 11 is 4.55. The van der Waals surface area contributed by atoms with Gasteiger partial charge in [-0.2, -0.15) is 0 Å². The number of rotatable bonds is 5. The van der Waals surface area contributed by atoms with E-state index in [1.165, 1.54) is 6.92 Å². The largest absolute Gasteiger partial charge is 0.355 e. The number of allylic oxidation sites excluding steroid dienone is 2. The summed E-state index contributed by atoms with van der Waals surface area (Å²) in [5, 5.41) is 3.36. The molecule has 0 aliphatic rings. The van der Waals surface area contributed by atoms with Crippen molar-refractivity contribution in [3.63, 3.8) is 0 Å². The predicted molar refractivity (Wildman–Crippen MR) is 116 cm³/mol. The first-order chi connectivity index (χ1) is 13.4. The number of ketones is 1. The van der Waals surface area contributed by atoms with Crippen LogP contribution in [-0.4, -0.2) is 15.1 Å². The standard InChI is InChI=1S/C22H24N4OS/c1-15(14-16(2)27)23-21-17(3)25(4)26(18-10-6-5-7-11-18)22(21)24-19-12-8-9-13-20(19)28/h5-14,23,28H,1-4H3. The van der Waals surface area contributed by atoms with Crippen LogP contribution in [0.3, 0.4) is 0 Å². The molecule has 3 aromatic rings. The van der Waals surface area contributed by atoms with Gasteiger partial charge in [-0.25, -0.2) is 9.67 Å². The molecule has 6 heteroatoms. The third-order valence-corrected chi connectivity index (χ3v) is 4.80. The molecule has 1 aromatic heterocycles. The van der Waals surface area contributed by atoms with Crippen molar-refractivity contribution in [1.82, 2.24) is 9.36 Å². The maximum atomic E-state index is 11.5. The molecule has 1 N–H and O–H groups in total. The van der Waals surface area contributed by atoms with Crippen LogP contribution in [0.5, 0.6) is 0 Å². The molecule has 0 aliphatic carbocycles. The Hall–Kier alpha value is -2.99. The molecule has 0 bridgehead atoms. The molecule has 0 saturated carbocycles. The number of carbonyl (C=O) groups is 1. The first kappa shape index (κ1) is 19.8. The molecule has 0 fully saturated rings. The van der Waals surface area contributed by atoms with E-state index in [0.717, 1.165) is 38.8 Å². The van der Waals surface area contributed by atoms with Gasteiger partial charge in [0, 0.05) is 17.6 Å². The molecular formula is C22H24N4OS. The van der Waals surface area contributed by atoms with Gasteiger partial charge in [0.05, 0.1) is 17.1 Å². The van der Waals surface area contributed by atoms with Crippen molar-refractivity contribution >= 4 is 29.8 Å². The second-order valence-corrected chi connectivity index (χ2v) is 7.10. The summed E-state index contributed by atoms with van der Waals surface area (Å²) in [4.78, 5) is 17.2. The number of nitrogens with one attached hydrogen (secondary N) is 1. The Morgan fingerprint density at radius 3 is 2.36 bits per heavy atom. The zero-order valence-corrected chi connectivity index (χ0v) is 17.4. The molecular weight excluding hydrogens is 368 g/mol. The van der Waals surface area contributed by atoms with Crippen molar-refractivity contribution < 1.29 is 4.79 Å². The minimum atomic E-state index is -0.00582. The fourth-order valence-corrected chi connectivity index (χ4v) is 3.26. The van der Waals surface area contributed by atoms with E-state index in [1.54, 1.807) is 6.08 Å². The van der Waals surface area contributed by atoms with Gasteiger partial charge in [0.1, 0.15) is 5.69 Å². The summed E-state index contributed by atoms with van der Waals surface area (Å²) in [7, 11) is 1.99. The Labute approximate surface area is 170 Å². The molecule has 1 heterocycles. The van der Waals surface area contributed by atoms with E-state index in [9.17, 15) is 4.79 Å². The lowest BCUT2D eigenvalue weighted by molar-refractivity contribution is -0.112. The second kappa shape index (κ2) is 8.35. The van der Waals surface area contributed by atoms with Crippen LogP contribution >= 0.6 is 12.6 Å². The zero-order chi connectivity index (χ0) is 20.3. The monoisotopic (exact) mass is 392 g/mol. The fraction of sp³-hybridized carbons (Fsp3) is 0.182. The normalized spacial score (nSPS) is 12.3. The molecule has 0 saturated heterocycles. The van der Waals surface area contributed by atoms with E-state index in [0.29, 0.717) is 0 Å². The highest BCUT2D eigenvalue weighted by Crippen LogP contribution is 2.23. The number of benzene rings is 2. The highest BCUT2D eigenvalue weighted by Gasteiger charge is 2.15. The van der Waals surface area contributed by atoms with Crippen molar-refractivity contribution in [2.75, 3.05) is 5.32 Å². The van der Waals surface area contributed by atoms with E-state index in [-0.39, 0.29) is 5.78 Å². The van der Waals surface area contributed by atoms with E-state index >= 15 is 0 Å². The third-order valence-electron chi connectivity index (χ3n) is 4.42. The quantitative estimate of drug-likeness (QED) is 0.494. The number of anilines is 1. The van der Waals surface area contributed by atoms with Crippen LogP contribution in [0.1, 0.15) is 19.5 Å². The molecule has 28 heavy (non-hydrogen) atoms. The lowest BCUT2D eigenvalue weighted by atomic mass is 10.3. The molecule has 0 atom stereocenters. The van der Waals surface area contributed by atoms with Crippen molar-refractivity contribution in [3.05, 3.63) is 77.6 Å². The maximum absolute atomic E-state index is 11.5. The Balaban J connectivity index is 2.31. The molecule has 0 amide bonds. The summed E-state index contributed by atoms with van der Waals surface area (Å²) in [5.41, 5.74) is 5.11. The minimum Gasteiger partial charge on any atom is -0.355 e. The SMILES string of the molecule is CC(=O)C=C(C)Nc1c(C)n(C)n(-c2ccccc2)c1=Nc1ccccc1S. The van der Waals surface area contributed by atoms with Crippen LogP contribution in [0, 0.1) is 6.92 Å². The van der Waals surface area contributed by atoms with Crippen molar-refractivity contribution in [2.24, 2.45) is 12.0 Å². The van der Waals surface area contributed by atoms with Gasteiger partial charge < -0.3 is 5.32 Å². The third kappa shape index (κ3) is 4.12. The lowest BCUT2D eigenvalue weighted by Gasteiger charge is -2.09. The maximum Gasteiger partial charge on any atom is 0.178 e. The molecule has 0 unspecified atom stereocenters. The molecule has 0 radical (unpaired) electrons. The zero-order valence-electron chi connectivity index (χ0n) is 16.5. The van der Waals surface area contributed by atoms with Gasteiger partial charge in [0.25, 0.3) is 0 Å². The van der Waals surface area contributed by atoms with Crippen molar-refractivity contribution in [2.45, 2.75) is 25.7 Å². The summed E-state index contributed by atoms with van der Waals surface area (Å²) < 4.78 is 4.08. The van der Waals surface area contributed by atoms with Crippen molar-refractivity contribution in [3.8, 4) is 5.69 Å². The van der Waals surface area contributed by atoms with Crippen LogP contribution in [-0.2, 0) is 11.8 Å². The van der Waals surface area contributed by atoms with Gasteiger partial charge in [0.15, 0.2) is 11.3 Å². The average molecular weight is 393 g/mol. The van der Waals surface area contributed by atoms with Gasteiger partial charge >= 0.3 is 0 Å².